The van der Waals surface area contributed by atoms with Crippen molar-refractivity contribution >= 4 is 48.5 Å². The van der Waals surface area contributed by atoms with Gasteiger partial charge in [0.1, 0.15) is 21.2 Å². The molecular weight excluding hydrogens is 827 g/mol. The topological polar surface area (TPSA) is 227 Å². The van der Waals surface area contributed by atoms with Gasteiger partial charge in [0.05, 0.1) is 25.8 Å². The summed E-state index contributed by atoms with van der Waals surface area (Å²) in [5, 5.41) is 20.9. The second-order valence-corrected chi connectivity index (χ2v) is 17.7. The second kappa shape index (κ2) is 20.5. The number of phenols is 1. The molecule has 1 aliphatic carbocycles. The summed E-state index contributed by atoms with van der Waals surface area (Å²) < 4.78 is 76.3. The summed E-state index contributed by atoms with van der Waals surface area (Å²) >= 11 is 0. The minimum Gasteiger partial charge on any atom is -0.506 e. The Labute approximate surface area is 355 Å². The van der Waals surface area contributed by atoms with Crippen molar-refractivity contribution in [2.75, 3.05) is 44.8 Å². The summed E-state index contributed by atoms with van der Waals surface area (Å²) in [6.45, 7) is 2.97. The quantitative estimate of drug-likeness (QED) is 0.0476. The zero-order valence-corrected chi connectivity index (χ0v) is 35.5. The summed E-state index contributed by atoms with van der Waals surface area (Å²) in [4.78, 5) is 25.4. The van der Waals surface area contributed by atoms with Crippen molar-refractivity contribution in [2.24, 2.45) is 7.05 Å². The highest BCUT2D eigenvalue weighted by Crippen LogP contribution is 2.39. The van der Waals surface area contributed by atoms with Gasteiger partial charge in [0.25, 0.3) is 26.1 Å². The minimum absolute atomic E-state index is 0.000376. The Morgan fingerprint density at radius 3 is 2.46 bits per heavy atom. The first kappa shape index (κ1) is 45.2. The molecule has 5 aromatic rings. The second-order valence-electron chi connectivity index (χ2n) is 14.9. The maximum atomic E-state index is 13.3. The Balaban J connectivity index is 0.000000288. The number of nitrogens with zero attached hydrogens (tertiary/aromatic N) is 3. The number of amides is 2. The third-order valence-electron chi connectivity index (χ3n) is 10.6. The van der Waals surface area contributed by atoms with Gasteiger partial charge in [-0.05, 0) is 66.4 Å². The molecule has 1 aliphatic heterocycles. The zero-order valence-electron chi connectivity index (χ0n) is 33.8. The van der Waals surface area contributed by atoms with Gasteiger partial charge in [-0.15, -0.1) is 0 Å². The molecule has 2 heterocycles. The number of anilines is 1. The number of nitrogens with one attached hydrogen (secondary N) is 2. The number of aromatic nitrogens is 2. The number of carbonyl (C=O) groups is 2. The van der Waals surface area contributed by atoms with Crippen LogP contribution in [0.4, 0.5) is 5.69 Å². The molecule has 61 heavy (non-hydrogen) atoms. The molecule has 2 aliphatic rings. The van der Waals surface area contributed by atoms with Gasteiger partial charge in [-0.1, -0.05) is 79.9 Å². The maximum Gasteiger partial charge on any atom is 0.296 e. The highest BCUT2D eigenvalue weighted by Gasteiger charge is 2.27. The lowest BCUT2D eigenvalue weighted by Crippen LogP contribution is -2.45. The van der Waals surface area contributed by atoms with E-state index in [9.17, 15) is 31.5 Å². The average molecular weight is 878 g/mol. The third-order valence-corrected chi connectivity index (χ3v) is 12.6. The van der Waals surface area contributed by atoms with E-state index in [1.807, 2.05) is 25.5 Å². The highest BCUT2D eigenvalue weighted by molar-refractivity contribution is 7.89. The van der Waals surface area contributed by atoms with Gasteiger partial charge in [-0.25, -0.2) is 0 Å². The van der Waals surface area contributed by atoms with E-state index < -0.39 is 30.0 Å². The Hall–Kier alpha value is -5.37. The summed E-state index contributed by atoms with van der Waals surface area (Å²) in [5.41, 5.74) is 4.69. The van der Waals surface area contributed by atoms with Gasteiger partial charge in [-0.2, -0.15) is 21.9 Å². The summed E-state index contributed by atoms with van der Waals surface area (Å²) in [6.07, 6.45) is 11.4. The first-order chi connectivity index (χ1) is 29.2. The number of aryl methyl sites for hydroxylation is 1. The molecule has 16 nitrogen and oxygen atoms in total. The van der Waals surface area contributed by atoms with E-state index >= 15 is 0 Å². The van der Waals surface area contributed by atoms with Crippen LogP contribution in [0.3, 0.4) is 0 Å². The van der Waals surface area contributed by atoms with E-state index in [-0.39, 0.29) is 29.6 Å². The molecule has 0 saturated heterocycles. The minimum atomic E-state index is -4.78. The number of aromatic hydroxyl groups is 1. The lowest BCUT2D eigenvalue weighted by molar-refractivity contribution is -0.135. The fourth-order valence-electron chi connectivity index (χ4n) is 7.63. The number of phenolic OH excluding ortho intramolecular Hbond substituents is 1. The molecule has 1 saturated carbocycles. The molecule has 5 N–H and O–H groups in total. The first-order valence-electron chi connectivity index (χ1n) is 20.1. The van der Waals surface area contributed by atoms with Crippen molar-refractivity contribution in [1.82, 2.24) is 20.0 Å². The van der Waals surface area contributed by atoms with Gasteiger partial charge >= 0.3 is 0 Å². The Kier molecular flexibility index (Phi) is 15.1. The van der Waals surface area contributed by atoms with Gasteiger partial charge < -0.3 is 30.1 Å². The van der Waals surface area contributed by atoms with Crippen LogP contribution in [0.25, 0.3) is 21.9 Å². The molecule has 2 amide bonds. The predicted molar refractivity (Wildman–Crippen MR) is 229 cm³/mol. The summed E-state index contributed by atoms with van der Waals surface area (Å²) in [5.74, 6) is 0.411. The Morgan fingerprint density at radius 2 is 1.72 bits per heavy atom. The molecule has 18 heteroatoms. The standard InChI is InChI=1S/C33H43N5O5.C10H8O6S2/c1-37-22-27(21-35-37)26-7-5-6-24(20-26)13-18-42-19-14-31(41)38(28-8-3-2-4-9-28)17-16-34-15-12-25-10-11-29(39)32-33(25)43-23-30(40)36-32;11-17(12,13)9-6-5-7-3-1-2-4-8(7)10(9)18(14,15)16/h5-7,10-11,20-22,28,34,39H,2-4,8-9,12-19,23H2,1H3,(H,36,40);1-6H,(H,11,12,13)(H,14,15,16). The predicted octanol–water partition coefficient (Wildman–Crippen LogP) is 5.40. The fraction of sp³-hybridized carbons (Fsp3) is 0.372. The number of hydrogen-bond acceptors (Lipinski definition) is 11. The molecule has 0 spiro atoms. The number of rotatable bonds is 16. The van der Waals surface area contributed by atoms with Crippen LogP contribution in [0.1, 0.15) is 49.7 Å². The largest absolute Gasteiger partial charge is 0.506 e. The van der Waals surface area contributed by atoms with Crippen molar-refractivity contribution in [3.05, 3.63) is 96.3 Å². The average Bonchev–Trinajstić information content (AvgIpc) is 3.68. The Bertz CT molecular complexity index is 2560. The SMILES string of the molecule is Cn1cc(-c2cccc(CCOCCC(=O)N(CCNCCc3ccc(O)c4c3OCC(=O)N4)C3CCCCC3)c2)cn1.O=S(=O)(O)c1ccc2ccccc2c1S(=O)(=O)O. The monoisotopic (exact) mass is 877 g/mol. The fourth-order valence-corrected chi connectivity index (χ4v) is 9.63. The van der Waals surface area contributed by atoms with Crippen molar-refractivity contribution in [3.63, 3.8) is 0 Å². The highest BCUT2D eigenvalue weighted by atomic mass is 32.2. The van der Waals surface area contributed by atoms with E-state index in [4.69, 9.17) is 18.6 Å². The van der Waals surface area contributed by atoms with E-state index in [1.165, 1.54) is 43.0 Å². The lowest BCUT2D eigenvalue weighted by atomic mass is 9.94. The van der Waals surface area contributed by atoms with Crippen LogP contribution < -0.4 is 15.4 Å². The number of benzene rings is 4. The smallest absolute Gasteiger partial charge is 0.296 e. The molecule has 0 radical (unpaired) electrons. The molecule has 7 rings (SSSR count). The number of hydrogen-bond donors (Lipinski definition) is 5. The third kappa shape index (κ3) is 12.1. The van der Waals surface area contributed by atoms with Gasteiger partial charge in [0, 0.05) is 43.3 Å². The van der Waals surface area contributed by atoms with Crippen LogP contribution in [0.15, 0.2) is 95.0 Å². The Morgan fingerprint density at radius 1 is 0.934 bits per heavy atom. The molecule has 1 fully saturated rings. The van der Waals surface area contributed by atoms with E-state index in [0.29, 0.717) is 68.6 Å². The van der Waals surface area contributed by atoms with Crippen LogP contribution in [-0.4, -0.2) is 103 Å². The van der Waals surface area contributed by atoms with Gasteiger partial charge in [0.2, 0.25) is 5.91 Å². The van der Waals surface area contributed by atoms with Gasteiger partial charge in [0.15, 0.2) is 12.4 Å². The van der Waals surface area contributed by atoms with Crippen LogP contribution >= 0.6 is 0 Å². The van der Waals surface area contributed by atoms with Crippen LogP contribution in [0.5, 0.6) is 11.5 Å². The van der Waals surface area contributed by atoms with Crippen molar-refractivity contribution in [1.29, 1.82) is 0 Å². The van der Waals surface area contributed by atoms with Crippen molar-refractivity contribution in [2.45, 2.75) is 67.2 Å². The van der Waals surface area contributed by atoms with Crippen LogP contribution in [0.2, 0.25) is 0 Å². The van der Waals surface area contributed by atoms with E-state index in [0.717, 1.165) is 42.0 Å². The lowest BCUT2D eigenvalue weighted by Gasteiger charge is -2.34. The van der Waals surface area contributed by atoms with E-state index in [1.54, 1.807) is 22.9 Å². The molecular formula is C43H51N5O11S2. The van der Waals surface area contributed by atoms with Crippen molar-refractivity contribution in [3.8, 4) is 22.6 Å². The normalized spacial score (nSPS) is 14.4. The molecule has 0 unspecified atom stereocenters. The van der Waals surface area contributed by atoms with Crippen LogP contribution in [0, 0.1) is 0 Å². The summed E-state index contributed by atoms with van der Waals surface area (Å²) in [7, 11) is -7.61. The molecule has 0 atom stereocenters. The molecule has 4 aromatic carbocycles. The molecule has 1 aromatic heterocycles. The number of carbonyl (C=O) groups excluding carboxylic acids is 2. The number of fused-ring (bicyclic) bond motifs is 2. The molecule has 0 bridgehead atoms. The zero-order chi connectivity index (χ0) is 43.6. The van der Waals surface area contributed by atoms with Gasteiger partial charge in [-0.3, -0.25) is 23.4 Å². The first-order valence-corrected chi connectivity index (χ1v) is 23.0. The van der Waals surface area contributed by atoms with Crippen LogP contribution in [-0.2, 0) is 54.5 Å². The maximum absolute atomic E-state index is 13.3. The number of ether oxygens (including phenoxy) is 2. The van der Waals surface area contributed by atoms with Crippen molar-refractivity contribution < 1.29 is 50.1 Å². The molecule has 326 valence electrons. The van der Waals surface area contributed by atoms with E-state index in [2.05, 4.69) is 44.9 Å². The summed E-state index contributed by atoms with van der Waals surface area (Å²) in [6, 6.07) is 20.4.